The Kier molecular flexibility index (Phi) is 11.9. The fraction of sp³-hybridized carbons (Fsp3) is 0.500. The number of carbonyl (C=O) groups is 3. The summed E-state index contributed by atoms with van der Waals surface area (Å²) in [5.74, 6) is 0.0212. The standard InChI is InChI=1S/C42H55N5O5/c1-41(2,3)52-40(50)47-27-22-42(31-47)20-25-46(26-21-42)30-32-14-16-34(17-15-32)38(48)44(4)28-29-45-23-18-35(19-24-45)51-39(49)43-37-13-9-8-12-36(37)33-10-6-5-7-11-33/h5-17,35H,18-31H2,1-4H3,(H,43,49). The van der Waals surface area contributed by atoms with Crippen LogP contribution in [0.25, 0.3) is 11.1 Å². The average Bonchev–Trinajstić information content (AvgIpc) is 3.56. The SMILES string of the molecule is CN(CCN1CCC(OC(=O)Nc2ccccc2-c2ccccc2)CC1)C(=O)c1ccc(CN2CCC3(CC2)CCN(C(=O)OC(C)(C)C)C3)cc1. The molecule has 6 rings (SSSR count). The molecule has 3 saturated heterocycles. The van der Waals surface area contributed by atoms with Gasteiger partial charge in [0.2, 0.25) is 0 Å². The van der Waals surface area contributed by atoms with Crippen molar-refractivity contribution < 1.29 is 23.9 Å². The van der Waals surface area contributed by atoms with Gasteiger partial charge in [0.1, 0.15) is 11.7 Å². The van der Waals surface area contributed by atoms with Crippen LogP contribution in [0.1, 0.15) is 68.8 Å². The topological polar surface area (TPSA) is 94.7 Å². The Morgan fingerprint density at radius 3 is 2.17 bits per heavy atom. The van der Waals surface area contributed by atoms with Gasteiger partial charge in [0.05, 0.1) is 5.69 Å². The molecule has 3 aromatic rings. The zero-order chi connectivity index (χ0) is 36.7. The first-order chi connectivity index (χ1) is 25.0. The molecule has 52 heavy (non-hydrogen) atoms. The van der Waals surface area contributed by atoms with E-state index in [1.54, 1.807) is 4.90 Å². The third-order valence-corrected chi connectivity index (χ3v) is 10.8. The fourth-order valence-electron chi connectivity index (χ4n) is 7.64. The zero-order valence-corrected chi connectivity index (χ0v) is 31.3. The number of para-hydroxylation sites is 1. The van der Waals surface area contributed by atoms with Crippen LogP contribution in [0.4, 0.5) is 15.3 Å². The maximum atomic E-state index is 13.2. The van der Waals surface area contributed by atoms with Gasteiger partial charge in [0.25, 0.3) is 5.91 Å². The van der Waals surface area contributed by atoms with Gasteiger partial charge in [-0.3, -0.25) is 15.0 Å². The number of likely N-dealkylation sites (tertiary alicyclic amines) is 3. The lowest BCUT2D eigenvalue weighted by Gasteiger charge is -2.39. The van der Waals surface area contributed by atoms with Gasteiger partial charge in [-0.2, -0.15) is 0 Å². The summed E-state index contributed by atoms with van der Waals surface area (Å²) in [5, 5.41) is 2.94. The molecule has 3 aliphatic heterocycles. The van der Waals surface area contributed by atoms with Crippen molar-refractivity contribution in [3.05, 3.63) is 90.0 Å². The van der Waals surface area contributed by atoms with Crippen molar-refractivity contribution >= 4 is 23.8 Å². The van der Waals surface area contributed by atoms with Gasteiger partial charge in [-0.05, 0) is 101 Å². The minimum atomic E-state index is -0.471. The summed E-state index contributed by atoms with van der Waals surface area (Å²) >= 11 is 0. The van der Waals surface area contributed by atoms with Gasteiger partial charge < -0.3 is 24.2 Å². The number of nitrogens with one attached hydrogen (secondary N) is 1. The third-order valence-electron chi connectivity index (χ3n) is 10.8. The third kappa shape index (κ3) is 9.92. The molecule has 3 aliphatic rings. The van der Waals surface area contributed by atoms with Crippen LogP contribution in [0.3, 0.4) is 0 Å². The highest BCUT2D eigenvalue weighted by atomic mass is 16.6. The smallest absolute Gasteiger partial charge is 0.411 e. The van der Waals surface area contributed by atoms with Crippen molar-refractivity contribution in [2.24, 2.45) is 5.41 Å². The second-order valence-electron chi connectivity index (χ2n) is 15.8. The van der Waals surface area contributed by atoms with Crippen molar-refractivity contribution in [2.75, 3.05) is 64.7 Å². The minimum Gasteiger partial charge on any atom is -0.446 e. The lowest BCUT2D eigenvalue weighted by molar-refractivity contribution is 0.0245. The molecular weight excluding hydrogens is 654 g/mol. The van der Waals surface area contributed by atoms with E-state index in [0.717, 1.165) is 101 Å². The Hall–Kier alpha value is -4.41. The predicted octanol–water partition coefficient (Wildman–Crippen LogP) is 7.36. The van der Waals surface area contributed by atoms with Gasteiger partial charge in [-0.25, -0.2) is 9.59 Å². The number of rotatable bonds is 9. The van der Waals surface area contributed by atoms with Crippen molar-refractivity contribution in [1.82, 2.24) is 19.6 Å². The highest BCUT2D eigenvalue weighted by Crippen LogP contribution is 2.41. The van der Waals surface area contributed by atoms with Crippen LogP contribution in [0.2, 0.25) is 0 Å². The van der Waals surface area contributed by atoms with E-state index in [-0.39, 0.29) is 23.5 Å². The normalized spacial score (nSPS) is 18.3. The number of nitrogens with zero attached hydrogens (tertiary/aromatic N) is 4. The molecule has 10 nitrogen and oxygen atoms in total. The molecule has 3 aromatic carbocycles. The molecule has 3 amide bonds. The van der Waals surface area contributed by atoms with Crippen LogP contribution in [0, 0.1) is 5.41 Å². The van der Waals surface area contributed by atoms with Crippen molar-refractivity contribution in [2.45, 2.75) is 71.1 Å². The van der Waals surface area contributed by atoms with Crippen molar-refractivity contribution in [3.63, 3.8) is 0 Å². The highest BCUT2D eigenvalue weighted by Gasteiger charge is 2.43. The molecule has 1 N–H and O–H groups in total. The predicted molar refractivity (Wildman–Crippen MR) is 204 cm³/mol. The van der Waals surface area contributed by atoms with Crippen LogP contribution in [0.5, 0.6) is 0 Å². The first-order valence-electron chi connectivity index (χ1n) is 18.8. The van der Waals surface area contributed by atoms with E-state index in [0.29, 0.717) is 12.1 Å². The molecule has 0 radical (unpaired) electrons. The van der Waals surface area contributed by atoms with E-state index in [9.17, 15) is 14.4 Å². The van der Waals surface area contributed by atoms with Gasteiger partial charge >= 0.3 is 12.2 Å². The molecule has 278 valence electrons. The maximum Gasteiger partial charge on any atom is 0.411 e. The molecule has 1 spiro atoms. The number of anilines is 1. The molecule has 0 unspecified atom stereocenters. The summed E-state index contributed by atoms with van der Waals surface area (Å²) in [6.45, 7) is 13.2. The van der Waals surface area contributed by atoms with Crippen LogP contribution >= 0.6 is 0 Å². The van der Waals surface area contributed by atoms with Gasteiger partial charge in [-0.1, -0.05) is 60.7 Å². The van der Waals surface area contributed by atoms with Gasteiger partial charge in [0.15, 0.2) is 0 Å². The molecule has 0 atom stereocenters. The Morgan fingerprint density at radius 1 is 0.827 bits per heavy atom. The van der Waals surface area contributed by atoms with E-state index in [2.05, 4.69) is 27.2 Å². The first-order valence-corrected chi connectivity index (χ1v) is 18.8. The van der Waals surface area contributed by atoms with E-state index >= 15 is 0 Å². The molecule has 3 heterocycles. The number of ether oxygens (including phenoxy) is 2. The Balaban J connectivity index is 0.883. The minimum absolute atomic E-state index is 0.0212. The summed E-state index contributed by atoms with van der Waals surface area (Å²) in [4.78, 5) is 47.1. The van der Waals surface area contributed by atoms with Gasteiger partial charge in [-0.15, -0.1) is 0 Å². The number of benzene rings is 3. The number of hydrogen-bond donors (Lipinski definition) is 1. The lowest BCUT2D eigenvalue weighted by Crippen LogP contribution is -2.42. The highest BCUT2D eigenvalue weighted by molar-refractivity contribution is 5.94. The van der Waals surface area contributed by atoms with E-state index in [1.807, 2.05) is 99.4 Å². The second-order valence-corrected chi connectivity index (χ2v) is 15.8. The Labute approximate surface area is 309 Å². The largest absolute Gasteiger partial charge is 0.446 e. The first kappa shape index (κ1) is 37.4. The summed E-state index contributed by atoms with van der Waals surface area (Å²) in [7, 11) is 1.86. The van der Waals surface area contributed by atoms with Gasteiger partial charge in [0, 0.05) is 64.0 Å². The number of piperidine rings is 2. The number of hydrogen-bond acceptors (Lipinski definition) is 7. The number of amides is 3. The fourth-order valence-corrected chi connectivity index (χ4v) is 7.64. The maximum absolute atomic E-state index is 13.2. The van der Waals surface area contributed by atoms with Crippen LogP contribution in [-0.2, 0) is 16.0 Å². The Bertz CT molecular complexity index is 1660. The number of carbonyl (C=O) groups excluding carboxylic acids is 3. The monoisotopic (exact) mass is 709 g/mol. The second kappa shape index (κ2) is 16.5. The summed E-state index contributed by atoms with van der Waals surface area (Å²) in [5.41, 5.74) is 4.35. The van der Waals surface area contributed by atoms with E-state index < -0.39 is 11.7 Å². The van der Waals surface area contributed by atoms with Crippen LogP contribution in [-0.4, -0.2) is 109 Å². The molecule has 0 aromatic heterocycles. The van der Waals surface area contributed by atoms with E-state index in [1.165, 1.54) is 5.56 Å². The summed E-state index contributed by atoms with van der Waals surface area (Å²) < 4.78 is 11.4. The van der Waals surface area contributed by atoms with Crippen molar-refractivity contribution in [1.29, 1.82) is 0 Å². The quantitative estimate of drug-likeness (QED) is 0.248. The molecule has 10 heteroatoms. The molecular formula is C42H55N5O5. The number of likely N-dealkylation sites (N-methyl/N-ethyl adjacent to an activating group) is 1. The molecule has 3 fully saturated rings. The lowest BCUT2D eigenvalue weighted by atomic mass is 9.77. The zero-order valence-electron chi connectivity index (χ0n) is 31.3. The molecule has 0 aliphatic carbocycles. The molecule has 0 bridgehead atoms. The van der Waals surface area contributed by atoms with Crippen LogP contribution < -0.4 is 5.32 Å². The summed E-state index contributed by atoms with van der Waals surface area (Å²) in [6.07, 6.45) is 3.96. The average molecular weight is 710 g/mol. The Morgan fingerprint density at radius 2 is 1.48 bits per heavy atom. The van der Waals surface area contributed by atoms with Crippen LogP contribution in [0.15, 0.2) is 78.9 Å². The summed E-state index contributed by atoms with van der Waals surface area (Å²) in [6, 6.07) is 25.8. The molecule has 0 saturated carbocycles. The van der Waals surface area contributed by atoms with E-state index in [4.69, 9.17) is 9.47 Å². The van der Waals surface area contributed by atoms with Crippen molar-refractivity contribution in [3.8, 4) is 11.1 Å².